The molecule has 1 N–H and O–H groups in total. The van der Waals surface area contributed by atoms with E-state index in [1.54, 1.807) is 0 Å². The number of nitrogens with zero attached hydrogens (tertiary/aromatic N) is 2. The van der Waals surface area contributed by atoms with E-state index in [0.29, 0.717) is 12.3 Å². The first kappa shape index (κ1) is 17.1. The molecule has 1 aliphatic carbocycles. The average molecular weight is 340 g/mol. The van der Waals surface area contributed by atoms with Crippen LogP contribution in [0.2, 0.25) is 0 Å². The van der Waals surface area contributed by atoms with Gasteiger partial charge in [0.25, 0.3) is 0 Å². The van der Waals surface area contributed by atoms with E-state index in [2.05, 4.69) is 10.2 Å². The third-order valence-corrected chi connectivity index (χ3v) is 6.33. The Bertz CT molecular complexity index is 420. The van der Waals surface area contributed by atoms with E-state index in [0.717, 1.165) is 44.2 Å². The summed E-state index contributed by atoms with van der Waals surface area (Å²) in [6, 6.07) is -0.257. The predicted octanol–water partition coefficient (Wildman–Crippen LogP) is 1.33. The third-order valence-electron chi connectivity index (χ3n) is 5.39. The molecule has 0 radical (unpaired) electrons. The molecule has 0 bridgehead atoms. The molecule has 0 aromatic heterocycles. The molecule has 1 saturated carbocycles. The lowest BCUT2D eigenvalue weighted by atomic mass is 9.88. The van der Waals surface area contributed by atoms with Crippen molar-refractivity contribution in [2.45, 2.75) is 44.6 Å². The second-order valence-corrected chi connectivity index (χ2v) is 8.23. The predicted molar refractivity (Wildman–Crippen MR) is 93.5 cm³/mol. The molecule has 2 saturated heterocycles. The van der Waals surface area contributed by atoms with Gasteiger partial charge in [0.1, 0.15) is 0 Å². The van der Waals surface area contributed by atoms with Crippen LogP contribution >= 0.6 is 11.8 Å². The van der Waals surface area contributed by atoms with Crippen LogP contribution < -0.4 is 5.32 Å². The maximum atomic E-state index is 12.6. The number of thioether (sulfide) groups is 1. The van der Waals surface area contributed by atoms with Crippen LogP contribution in [0.4, 0.5) is 0 Å². The molecule has 23 heavy (non-hydrogen) atoms. The van der Waals surface area contributed by atoms with Crippen molar-refractivity contribution < 1.29 is 9.59 Å². The standard InChI is InChI=1S/C17H29N3O2S/c21-16(19-8-10-23-11-9-19)12-15-17(22)18-6-7-20(15)13-14-4-2-1-3-5-14/h14-15H,1-13H2,(H,18,22)/t15-/m1/s1. The van der Waals surface area contributed by atoms with Crippen LogP contribution in [0.3, 0.4) is 0 Å². The van der Waals surface area contributed by atoms with Crippen LogP contribution in [0.15, 0.2) is 0 Å². The zero-order valence-electron chi connectivity index (χ0n) is 14.0. The summed E-state index contributed by atoms with van der Waals surface area (Å²) < 4.78 is 0. The van der Waals surface area contributed by atoms with Gasteiger partial charge < -0.3 is 10.2 Å². The van der Waals surface area contributed by atoms with E-state index >= 15 is 0 Å². The lowest BCUT2D eigenvalue weighted by Crippen LogP contribution is -2.58. The van der Waals surface area contributed by atoms with E-state index in [4.69, 9.17) is 0 Å². The van der Waals surface area contributed by atoms with Gasteiger partial charge in [0, 0.05) is 44.2 Å². The number of nitrogens with one attached hydrogen (secondary N) is 1. The number of amides is 2. The Balaban J connectivity index is 1.58. The maximum absolute atomic E-state index is 12.6. The van der Waals surface area contributed by atoms with Gasteiger partial charge in [-0.3, -0.25) is 14.5 Å². The summed E-state index contributed by atoms with van der Waals surface area (Å²) in [7, 11) is 0. The van der Waals surface area contributed by atoms with Gasteiger partial charge in [-0.2, -0.15) is 11.8 Å². The maximum Gasteiger partial charge on any atom is 0.237 e. The van der Waals surface area contributed by atoms with Crippen molar-refractivity contribution in [1.82, 2.24) is 15.1 Å². The quantitative estimate of drug-likeness (QED) is 0.840. The molecule has 3 rings (SSSR count). The number of rotatable bonds is 4. The molecule has 0 spiro atoms. The van der Waals surface area contributed by atoms with E-state index in [9.17, 15) is 9.59 Å². The zero-order chi connectivity index (χ0) is 16.1. The van der Waals surface area contributed by atoms with Crippen LogP contribution in [0.5, 0.6) is 0 Å². The van der Waals surface area contributed by atoms with E-state index < -0.39 is 0 Å². The normalized spacial score (nSPS) is 27.7. The topological polar surface area (TPSA) is 52.7 Å². The fourth-order valence-corrected chi connectivity index (χ4v) is 4.91. The first-order valence-electron chi connectivity index (χ1n) is 9.11. The number of hydrogen-bond donors (Lipinski definition) is 1. The largest absolute Gasteiger partial charge is 0.353 e. The summed E-state index contributed by atoms with van der Waals surface area (Å²) in [5.74, 6) is 2.95. The van der Waals surface area contributed by atoms with Crippen LogP contribution in [-0.4, -0.2) is 71.9 Å². The van der Waals surface area contributed by atoms with Crippen molar-refractivity contribution in [2.75, 3.05) is 44.2 Å². The van der Waals surface area contributed by atoms with Crippen molar-refractivity contribution in [3.05, 3.63) is 0 Å². The monoisotopic (exact) mass is 339 g/mol. The summed E-state index contributed by atoms with van der Waals surface area (Å²) >= 11 is 1.90. The molecule has 3 aliphatic rings. The summed E-state index contributed by atoms with van der Waals surface area (Å²) in [6.45, 7) is 4.26. The van der Waals surface area contributed by atoms with Gasteiger partial charge in [-0.25, -0.2) is 0 Å². The molecule has 3 fully saturated rings. The van der Waals surface area contributed by atoms with E-state index in [1.165, 1.54) is 32.1 Å². The SMILES string of the molecule is O=C1NCCN(CC2CCCCC2)[C@@H]1CC(=O)N1CCSCC1. The summed E-state index contributed by atoms with van der Waals surface area (Å²) in [6.07, 6.45) is 6.90. The number of piperazine rings is 1. The Hall–Kier alpha value is -0.750. The molecule has 0 unspecified atom stereocenters. The van der Waals surface area contributed by atoms with Crippen LogP contribution in [0, 0.1) is 5.92 Å². The minimum absolute atomic E-state index is 0.0480. The zero-order valence-corrected chi connectivity index (χ0v) is 14.8. The number of carbonyl (C=O) groups is 2. The smallest absolute Gasteiger partial charge is 0.237 e. The van der Waals surface area contributed by atoms with Gasteiger partial charge in [0.2, 0.25) is 11.8 Å². The molecule has 2 aliphatic heterocycles. The van der Waals surface area contributed by atoms with Gasteiger partial charge >= 0.3 is 0 Å². The fraction of sp³-hybridized carbons (Fsp3) is 0.882. The van der Waals surface area contributed by atoms with Crippen molar-refractivity contribution in [3.8, 4) is 0 Å². The van der Waals surface area contributed by atoms with E-state index in [1.807, 2.05) is 16.7 Å². The highest BCUT2D eigenvalue weighted by Crippen LogP contribution is 2.26. The first-order valence-corrected chi connectivity index (χ1v) is 10.3. The molecule has 6 heteroatoms. The highest BCUT2D eigenvalue weighted by atomic mass is 32.2. The van der Waals surface area contributed by atoms with Gasteiger partial charge in [-0.1, -0.05) is 19.3 Å². The molecule has 2 amide bonds. The van der Waals surface area contributed by atoms with Gasteiger partial charge in [0.05, 0.1) is 12.5 Å². The number of hydrogen-bond acceptors (Lipinski definition) is 4. The second-order valence-electron chi connectivity index (χ2n) is 7.00. The Morgan fingerprint density at radius 3 is 2.61 bits per heavy atom. The summed E-state index contributed by atoms with van der Waals surface area (Å²) in [5, 5.41) is 2.95. The first-order chi connectivity index (χ1) is 11.2. The third kappa shape index (κ3) is 4.63. The van der Waals surface area contributed by atoms with Crippen molar-refractivity contribution in [3.63, 3.8) is 0 Å². The van der Waals surface area contributed by atoms with Gasteiger partial charge in [-0.15, -0.1) is 0 Å². The van der Waals surface area contributed by atoms with Crippen molar-refractivity contribution >= 4 is 23.6 Å². The highest BCUT2D eigenvalue weighted by molar-refractivity contribution is 7.99. The van der Waals surface area contributed by atoms with Crippen molar-refractivity contribution in [1.29, 1.82) is 0 Å². The highest BCUT2D eigenvalue weighted by Gasteiger charge is 2.34. The van der Waals surface area contributed by atoms with Crippen LogP contribution in [0.1, 0.15) is 38.5 Å². The molecule has 130 valence electrons. The Morgan fingerprint density at radius 2 is 1.87 bits per heavy atom. The lowest BCUT2D eigenvalue weighted by molar-refractivity contribution is -0.139. The molecular weight excluding hydrogens is 310 g/mol. The minimum Gasteiger partial charge on any atom is -0.353 e. The lowest BCUT2D eigenvalue weighted by Gasteiger charge is -2.38. The Labute approximate surface area is 143 Å². The van der Waals surface area contributed by atoms with Crippen LogP contribution in [-0.2, 0) is 9.59 Å². The second kappa shape index (κ2) is 8.38. The molecular formula is C17H29N3O2S. The average Bonchev–Trinajstić information content (AvgIpc) is 2.59. The fourth-order valence-electron chi connectivity index (χ4n) is 4.01. The van der Waals surface area contributed by atoms with Crippen molar-refractivity contribution in [2.24, 2.45) is 5.92 Å². The summed E-state index contributed by atoms with van der Waals surface area (Å²) in [5.41, 5.74) is 0. The summed E-state index contributed by atoms with van der Waals surface area (Å²) in [4.78, 5) is 29.1. The molecule has 2 heterocycles. The van der Waals surface area contributed by atoms with E-state index in [-0.39, 0.29) is 17.9 Å². The Kier molecular flexibility index (Phi) is 6.22. The van der Waals surface area contributed by atoms with Gasteiger partial charge in [0.15, 0.2) is 0 Å². The van der Waals surface area contributed by atoms with Crippen LogP contribution in [0.25, 0.3) is 0 Å². The number of carbonyl (C=O) groups excluding carboxylic acids is 2. The Morgan fingerprint density at radius 1 is 1.13 bits per heavy atom. The molecule has 0 aromatic carbocycles. The molecule has 5 nitrogen and oxygen atoms in total. The van der Waals surface area contributed by atoms with Gasteiger partial charge in [-0.05, 0) is 18.8 Å². The minimum atomic E-state index is -0.257. The molecule has 1 atom stereocenters. The molecule has 0 aromatic rings.